The van der Waals surface area contributed by atoms with Crippen LogP contribution in [0.4, 0.5) is 0 Å². The lowest BCUT2D eigenvalue weighted by Gasteiger charge is -2.66. The first kappa shape index (κ1) is 16.4. The van der Waals surface area contributed by atoms with Crippen LogP contribution in [0, 0.1) is 28.1 Å². The van der Waals surface area contributed by atoms with E-state index in [9.17, 15) is 14.7 Å². The summed E-state index contributed by atoms with van der Waals surface area (Å²) >= 11 is 0. The van der Waals surface area contributed by atoms with Crippen LogP contribution in [0.3, 0.4) is 0 Å². The number of carbonyl (C=O) groups is 2. The minimum atomic E-state index is -0.643. The van der Waals surface area contributed by atoms with Gasteiger partial charge in [-0.05, 0) is 68.6 Å². The molecule has 0 radical (unpaired) electrons. The lowest BCUT2D eigenvalue weighted by molar-refractivity contribution is -0.247. The Bertz CT molecular complexity index is 600. The zero-order valence-corrected chi connectivity index (χ0v) is 15.2. The maximum absolute atomic E-state index is 12.3. The first-order valence-electron chi connectivity index (χ1n) is 9.59. The fourth-order valence-corrected chi connectivity index (χ4v) is 7.43. The van der Waals surface area contributed by atoms with E-state index in [1.807, 2.05) is 6.92 Å². The van der Waals surface area contributed by atoms with Gasteiger partial charge in [0.15, 0.2) is 0 Å². The Kier molecular flexibility index (Phi) is 3.26. The number of carboxylic acids is 1. The van der Waals surface area contributed by atoms with Gasteiger partial charge in [0.2, 0.25) is 0 Å². The standard InChI is InChI=1S/C20H30O4/c1-17-9-5-14-18(2)7-4-8-19(3,16(22)23)13(18)6-10-20(14,12-17)24-15(21)11-17/h13-14H,4-12H2,1-3H3,(H,22,23). The molecule has 0 aromatic rings. The van der Waals surface area contributed by atoms with E-state index in [1.54, 1.807) is 0 Å². The van der Waals surface area contributed by atoms with E-state index in [0.29, 0.717) is 12.3 Å². The Morgan fingerprint density at radius 1 is 1.08 bits per heavy atom. The molecule has 4 heteroatoms. The van der Waals surface area contributed by atoms with Crippen molar-refractivity contribution in [3.8, 4) is 0 Å². The van der Waals surface area contributed by atoms with Gasteiger partial charge >= 0.3 is 11.9 Å². The SMILES string of the molecule is CC12CCC3C(CCC4C(C)(C(=O)O)CCCC34C)(C1)OC(=O)C2. The van der Waals surface area contributed by atoms with Crippen molar-refractivity contribution in [2.24, 2.45) is 28.1 Å². The van der Waals surface area contributed by atoms with Crippen LogP contribution in [0.1, 0.15) is 78.6 Å². The molecule has 0 aromatic heterocycles. The molecule has 4 rings (SSSR count). The molecule has 4 nitrogen and oxygen atoms in total. The van der Waals surface area contributed by atoms with Crippen molar-refractivity contribution in [1.29, 1.82) is 0 Å². The van der Waals surface area contributed by atoms with Gasteiger partial charge in [-0.25, -0.2) is 0 Å². The van der Waals surface area contributed by atoms with E-state index in [1.165, 1.54) is 0 Å². The quantitative estimate of drug-likeness (QED) is 0.731. The van der Waals surface area contributed by atoms with Gasteiger partial charge in [0.05, 0.1) is 11.8 Å². The third-order valence-corrected chi connectivity index (χ3v) is 8.40. The van der Waals surface area contributed by atoms with Crippen molar-refractivity contribution in [2.75, 3.05) is 0 Å². The highest BCUT2D eigenvalue weighted by molar-refractivity contribution is 5.75. The van der Waals surface area contributed by atoms with Crippen molar-refractivity contribution < 1.29 is 19.4 Å². The average Bonchev–Trinajstić information content (AvgIpc) is 2.44. The van der Waals surface area contributed by atoms with E-state index in [0.717, 1.165) is 51.4 Å². The van der Waals surface area contributed by atoms with Gasteiger partial charge in [0.25, 0.3) is 0 Å². The first-order valence-corrected chi connectivity index (χ1v) is 9.59. The summed E-state index contributed by atoms with van der Waals surface area (Å²) in [7, 11) is 0. The molecule has 1 saturated heterocycles. The molecule has 6 unspecified atom stereocenters. The van der Waals surface area contributed by atoms with Crippen LogP contribution in [0.2, 0.25) is 0 Å². The fraction of sp³-hybridized carbons (Fsp3) is 0.900. The number of carboxylic acid groups (broad SMARTS) is 1. The zero-order chi connectivity index (χ0) is 17.4. The Morgan fingerprint density at radius 3 is 2.50 bits per heavy atom. The molecule has 2 bridgehead atoms. The van der Waals surface area contributed by atoms with Gasteiger partial charge in [-0.1, -0.05) is 20.3 Å². The van der Waals surface area contributed by atoms with Crippen LogP contribution in [-0.4, -0.2) is 22.6 Å². The topological polar surface area (TPSA) is 63.6 Å². The number of aliphatic carboxylic acids is 1. The van der Waals surface area contributed by atoms with E-state index in [-0.39, 0.29) is 28.3 Å². The minimum absolute atomic E-state index is 0.0252. The van der Waals surface area contributed by atoms with Crippen LogP contribution in [0.15, 0.2) is 0 Å². The second-order valence-electron chi connectivity index (χ2n) is 9.97. The third-order valence-electron chi connectivity index (χ3n) is 8.40. The summed E-state index contributed by atoms with van der Waals surface area (Å²) in [6, 6.07) is 0. The van der Waals surface area contributed by atoms with E-state index >= 15 is 0 Å². The third kappa shape index (κ3) is 1.97. The monoisotopic (exact) mass is 334 g/mol. The Labute approximate surface area is 144 Å². The molecule has 1 heterocycles. The van der Waals surface area contributed by atoms with Gasteiger partial charge in [0.1, 0.15) is 5.60 Å². The van der Waals surface area contributed by atoms with Crippen molar-refractivity contribution in [1.82, 2.24) is 0 Å². The number of esters is 1. The Hall–Kier alpha value is -1.06. The lowest BCUT2D eigenvalue weighted by Crippen LogP contribution is -2.65. The molecular formula is C20H30O4. The van der Waals surface area contributed by atoms with E-state index < -0.39 is 11.4 Å². The molecular weight excluding hydrogens is 304 g/mol. The molecule has 134 valence electrons. The molecule has 1 aliphatic heterocycles. The van der Waals surface area contributed by atoms with Crippen molar-refractivity contribution in [3.05, 3.63) is 0 Å². The van der Waals surface area contributed by atoms with Crippen molar-refractivity contribution in [2.45, 2.75) is 84.2 Å². The summed E-state index contributed by atoms with van der Waals surface area (Å²) in [5.41, 5.74) is -0.902. The maximum atomic E-state index is 12.3. The molecule has 1 spiro atoms. The number of fused-ring (bicyclic) bond motifs is 3. The van der Waals surface area contributed by atoms with Gasteiger partial charge in [-0.3, -0.25) is 9.59 Å². The largest absolute Gasteiger partial charge is 0.481 e. The Balaban J connectivity index is 1.75. The molecule has 4 aliphatic rings. The van der Waals surface area contributed by atoms with Crippen molar-refractivity contribution in [3.63, 3.8) is 0 Å². The van der Waals surface area contributed by atoms with Gasteiger partial charge in [0, 0.05) is 5.92 Å². The highest BCUT2D eigenvalue weighted by atomic mass is 16.6. The van der Waals surface area contributed by atoms with Crippen LogP contribution in [0.5, 0.6) is 0 Å². The summed E-state index contributed by atoms with van der Waals surface area (Å²) < 4.78 is 6.07. The van der Waals surface area contributed by atoms with E-state index in [4.69, 9.17) is 4.74 Å². The summed E-state index contributed by atoms with van der Waals surface area (Å²) in [5.74, 6) is -0.167. The smallest absolute Gasteiger partial charge is 0.309 e. The summed E-state index contributed by atoms with van der Waals surface area (Å²) in [6.07, 6.45) is 8.21. The molecule has 6 atom stereocenters. The Morgan fingerprint density at radius 2 is 1.79 bits per heavy atom. The minimum Gasteiger partial charge on any atom is -0.481 e. The predicted molar refractivity (Wildman–Crippen MR) is 89.3 cm³/mol. The number of hydrogen-bond acceptors (Lipinski definition) is 3. The number of carbonyl (C=O) groups excluding carboxylic acids is 1. The normalized spacial score (nSPS) is 53.5. The van der Waals surface area contributed by atoms with Crippen LogP contribution in [0.25, 0.3) is 0 Å². The lowest BCUT2D eigenvalue weighted by atomic mass is 9.41. The average molecular weight is 334 g/mol. The molecule has 1 N–H and O–H groups in total. The van der Waals surface area contributed by atoms with Gasteiger partial charge in [-0.15, -0.1) is 0 Å². The zero-order valence-electron chi connectivity index (χ0n) is 15.2. The number of rotatable bonds is 1. The summed E-state index contributed by atoms with van der Waals surface area (Å²) in [5, 5.41) is 9.92. The summed E-state index contributed by atoms with van der Waals surface area (Å²) in [4.78, 5) is 24.4. The summed E-state index contributed by atoms with van der Waals surface area (Å²) in [6.45, 7) is 6.49. The number of ether oxygens (including phenoxy) is 1. The first-order chi connectivity index (χ1) is 11.1. The maximum Gasteiger partial charge on any atom is 0.309 e. The van der Waals surface area contributed by atoms with E-state index in [2.05, 4.69) is 13.8 Å². The van der Waals surface area contributed by atoms with Crippen molar-refractivity contribution >= 4 is 11.9 Å². The second-order valence-corrected chi connectivity index (χ2v) is 9.97. The number of hydrogen-bond donors (Lipinski definition) is 1. The predicted octanol–water partition coefficient (Wildman–Crippen LogP) is 4.17. The molecule has 0 aromatic carbocycles. The van der Waals surface area contributed by atoms with Crippen LogP contribution >= 0.6 is 0 Å². The highest BCUT2D eigenvalue weighted by Gasteiger charge is 2.67. The molecule has 3 saturated carbocycles. The van der Waals surface area contributed by atoms with Crippen LogP contribution in [-0.2, 0) is 14.3 Å². The second kappa shape index (κ2) is 4.76. The van der Waals surface area contributed by atoms with Gasteiger partial charge in [-0.2, -0.15) is 0 Å². The van der Waals surface area contributed by atoms with Crippen LogP contribution < -0.4 is 0 Å². The molecule has 24 heavy (non-hydrogen) atoms. The van der Waals surface area contributed by atoms with Gasteiger partial charge < -0.3 is 9.84 Å². The highest BCUT2D eigenvalue weighted by Crippen LogP contribution is 2.68. The molecule has 0 amide bonds. The fourth-order valence-electron chi connectivity index (χ4n) is 7.43. The molecule has 3 aliphatic carbocycles. The molecule has 4 fully saturated rings.